The Morgan fingerprint density at radius 2 is 2.20 bits per heavy atom. The third-order valence-electron chi connectivity index (χ3n) is 2.34. The maximum Gasteiger partial charge on any atom is 0.262 e. The van der Waals surface area contributed by atoms with Gasteiger partial charge in [-0.1, -0.05) is 11.6 Å². The topological polar surface area (TPSA) is 77.2 Å². The van der Waals surface area contributed by atoms with Gasteiger partial charge in [0.1, 0.15) is 5.75 Å². The van der Waals surface area contributed by atoms with Crippen LogP contribution in [0, 0.1) is 0 Å². The molecule has 0 aliphatic heterocycles. The number of amides is 1. The fraction of sp³-hybridized carbons (Fsp3) is 0.0769. The molecule has 5 nitrogen and oxygen atoms in total. The van der Waals surface area contributed by atoms with Gasteiger partial charge in [0.05, 0.1) is 17.6 Å². The van der Waals surface area contributed by atoms with E-state index in [1.54, 1.807) is 30.5 Å². The number of ether oxygens (including phenoxy) is 1. The third kappa shape index (κ3) is 4.11. The maximum atomic E-state index is 11.8. The van der Waals surface area contributed by atoms with Gasteiger partial charge in [0.25, 0.3) is 5.91 Å². The number of nitrogen functional groups attached to an aromatic ring is 1. The van der Waals surface area contributed by atoms with Crippen molar-refractivity contribution in [1.82, 2.24) is 4.98 Å². The van der Waals surface area contributed by atoms with Crippen LogP contribution in [-0.2, 0) is 4.79 Å². The second-order valence-electron chi connectivity index (χ2n) is 3.91. The predicted octanol–water partition coefficient (Wildman–Crippen LogP) is 3.10. The number of hydrogen-bond acceptors (Lipinski definition) is 4. The number of carbonyl (C=O) groups is 1. The molecule has 1 heterocycles. The van der Waals surface area contributed by atoms with Gasteiger partial charge in [-0.2, -0.15) is 0 Å². The molecule has 1 aromatic heterocycles. The lowest BCUT2D eigenvalue weighted by Gasteiger charge is -2.09. The standard InChI is InChI=1S/C13H11BrClN3O2/c14-8-3-10(6-17-5-8)20-7-13(19)18-12-4-9(15)1-2-11(12)16/h1-6H,7,16H2,(H,18,19). The number of halogens is 2. The highest BCUT2D eigenvalue weighted by Gasteiger charge is 2.07. The number of hydrogen-bond donors (Lipinski definition) is 2. The average Bonchev–Trinajstić information content (AvgIpc) is 2.41. The molecular weight excluding hydrogens is 346 g/mol. The summed E-state index contributed by atoms with van der Waals surface area (Å²) in [6, 6.07) is 6.57. The Hall–Kier alpha value is -1.79. The predicted molar refractivity (Wildman–Crippen MR) is 81.9 cm³/mol. The number of benzene rings is 1. The van der Waals surface area contributed by atoms with Gasteiger partial charge < -0.3 is 15.8 Å². The molecule has 2 rings (SSSR count). The zero-order chi connectivity index (χ0) is 14.5. The van der Waals surface area contributed by atoms with Crippen LogP contribution in [0.25, 0.3) is 0 Å². The molecular formula is C13H11BrClN3O2. The second kappa shape index (κ2) is 6.58. The van der Waals surface area contributed by atoms with Crippen molar-refractivity contribution in [3.05, 3.63) is 46.2 Å². The minimum atomic E-state index is -0.334. The van der Waals surface area contributed by atoms with E-state index in [-0.39, 0.29) is 12.5 Å². The van der Waals surface area contributed by atoms with Crippen molar-refractivity contribution in [1.29, 1.82) is 0 Å². The number of aromatic nitrogens is 1. The van der Waals surface area contributed by atoms with Crippen LogP contribution >= 0.6 is 27.5 Å². The molecule has 0 radical (unpaired) electrons. The first-order valence-corrected chi connectivity index (χ1v) is 6.80. The lowest BCUT2D eigenvalue weighted by atomic mass is 10.2. The maximum absolute atomic E-state index is 11.8. The summed E-state index contributed by atoms with van der Waals surface area (Å²) < 4.78 is 6.09. The third-order valence-corrected chi connectivity index (χ3v) is 3.01. The zero-order valence-electron chi connectivity index (χ0n) is 10.3. The molecule has 1 aromatic carbocycles. The van der Waals surface area contributed by atoms with Crippen LogP contribution in [0.3, 0.4) is 0 Å². The molecule has 0 saturated heterocycles. The van der Waals surface area contributed by atoms with E-state index in [9.17, 15) is 4.79 Å². The number of anilines is 2. The first-order chi connectivity index (χ1) is 9.54. The van der Waals surface area contributed by atoms with Gasteiger partial charge in [-0.05, 0) is 40.2 Å². The van der Waals surface area contributed by atoms with E-state index < -0.39 is 0 Å². The molecule has 0 spiro atoms. The average molecular weight is 357 g/mol. The summed E-state index contributed by atoms with van der Waals surface area (Å²) in [7, 11) is 0. The highest BCUT2D eigenvalue weighted by atomic mass is 79.9. The zero-order valence-corrected chi connectivity index (χ0v) is 12.6. The van der Waals surface area contributed by atoms with Gasteiger partial charge in [-0.15, -0.1) is 0 Å². The molecule has 0 atom stereocenters. The van der Waals surface area contributed by atoms with Crippen molar-refractivity contribution >= 4 is 44.8 Å². The molecule has 0 aliphatic rings. The number of nitrogens with one attached hydrogen (secondary N) is 1. The first kappa shape index (κ1) is 14.6. The fourth-order valence-electron chi connectivity index (χ4n) is 1.44. The number of rotatable bonds is 4. The van der Waals surface area contributed by atoms with E-state index >= 15 is 0 Å². The summed E-state index contributed by atoms with van der Waals surface area (Å²) in [5.74, 6) is 0.160. The van der Waals surface area contributed by atoms with Crippen LogP contribution < -0.4 is 15.8 Å². The van der Waals surface area contributed by atoms with Crippen molar-refractivity contribution in [2.45, 2.75) is 0 Å². The van der Waals surface area contributed by atoms with E-state index in [2.05, 4.69) is 26.2 Å². The quantitative estimate of drug-likeness (QED) is 0.825. The summed E-state index contributed by atoms with van der Waals surface area (Å²) in [4.78, 5) is 15.7. The number of nitrogens with two attached hydrogens (primary N) is 1. The molecule has 3 N–H and O–H groups in total. The lowest BCUT2D eigenvalue weighted by molar-refractivity contribution is -0.118. The molecule has 1 amide bonds. The van der Waals surface area contributed by atoms with E-state index in [0.29, 0.717) is 22.1 Å². The fourth-order valence-corrected chi connectivity index (χ4v) is 1.96. The van der Waals surface area contributed by atoms with Crippen molar-refractivity contribution in [2.75, 3.05) is 17.7 Å². The SMILES string of the molecule is Nc1ccc(Cl)cc1NC(=O)COc1cncc(Br)c1. The number of pyridine rings is 1. The molecule has 7 heteroatoms. The minimum absolute atomic E-state index is 0.149. The first-order valence-electron chi connectivity index (χ1n) is 5.63. The smallest absolute Gasteiger partial charge is 0.262 e. The van der Waals surface area contributed by atoms with Crippen LogP contribution in [0.1, 0.15) is 0 Å². The van der Waals surface area contributed by atoms with Gasteiger partial charge in [0.15, 0.2) is 6.61 Å². The van der Waals surface area contributed by atoms with E-state index in [1.807, 2.05) is 0 Å². The minimum Gasteiger partial charge on any atom is -0.482 e. The molecule has 0 fully saturated rings. The van der Waals surface area contributed by atoms with E-state index in [4.69, 9.17) is 22.1 Å². The highest BCUT2D eigenvalue weighted by molar-refractivity contribution is 9.10. The molecule has 0 aliphatic carbocycles. The Bertz CT molecular complexity index is 637. The number of nitrogens with zero attached hydrogens (tertiary/aromatic N) is 1. The summed E-state index contributed by atoms with van der Waals surface area (Å²) in [6.07, 6.45) is 3.14. The summed E-state index contributed by atoms with van der Waals surface area (Å²) >= 11 is 9.11. The molecule has 20 heavy (non-hydrogen) atoms. The Morgan fingerprint density at radius 1 is 1.40 bits per heavy atom. The Labute approximate surface area is 129 Å². The largest absolute Gasteiger partial charge is 0.482 e. The van der Waals surface area contributed by atoms with Crippen molar-refractivity contribution in [2.24, 2.45) is 0 Å². The lowest BCUT2D eigenvalue weighted by Crippen LogP contribution is -2.20. The molecule has 0 bridgehead atoms. The van der Waals surface area contributed by atoms with E-state index in [1.165, 1.54) is 6.20 Å². The van der Waals surface area contributed by atoms with Crippen molar-refractivity contribution in [3.8, 4) is 5.75 Å². The molecule has 2 aromatic rings. The van der Waals surface area contributed by atoms with Crippen LogP contribution in [0.5, 0.6) is 5.75 Å². The Balaban J connectivity index is 1.94. The summed E-state index contributed by atoms with van der Waals surface area (Å²) in [6.45, 7) is -0.149. The normalized spacial score (nSPS) is 10.1. The van der Waals surface area contributed by atoms with Gasteiger partial charge in [-0.3, -0.25) is 9.78 Å². The number of carbonyl (C=O) groups excluding carboxylic acids is 1. The second-order valence-corrected chi connectivity index (χ2v) is 5.26. The van der Waals surface area contributed by atoms with Gasteiger partial charge >= 0.3 is 0 Å². The van der Waals surface area contributed by atoms with Crippen molar-refractivity contribution < 1.29 is 9.53 Å². The Morgan fingerprint density at radius 3 is 2.95 bits per heavy atom. The van der Waals surface area contributed by atoms with Gasteiger partial charge in [0, 0.05) is 15.7 Å². The molecule has 0 saturated carbocycles. The van der Waals surface area contributed by atoms with Gasteiger partial charge in [-0.25, -0.2) is 0 Å². The molecule has 104 valence electrons. The van der Waals surface area contributed by atoms with Crippen LogP contribution in [0.4, 0.5) is 11.4 Å². The summed E-state index contributed by atoms with van der Waals surface area (Å²) in [5.41, 5.74) is 6.63. The van der Waals surface area contributed by atoms with Crippen molar-refractivity contribution in [3.63, 3.8) is 0 Å². The monoisotopic (exact) mass is 355 g/mol. The van der Waals surface area contributed by atoms with Crippen LogP contribution in [0.15, 0.2) is 41.1 Å². The molecule has 0 unspecified atom stereocenters. The van der Waals surface area contributed by atoms with Crippen LogP contribution in [-0.4, -0.2) is 17.5 Å². The Kier molecular flexibility index (Phi) is 4.81. The highest BCUT2D eigenvalue weighted by Crippen LogP contribution is 2.23. The summed E-state index contributed by atoms with van der Waals surface area (Å²) in [5, 5.41) is 3.12. The van der Waals surface area contributed by atoms with E-state index in [0.717, 1.165) is 4.47 Å². The van der Waals surface area contributed by atoms with Gasteiger partial charge in [0.2, 0.25) is 0 Å². The van der Waals surface area contributed by atoms with Crippen LogP contribution in [0.2, 0.25) is 5.02 Å².